The van der Waals surface area contributed by atoms with E-state index in [4.69, 9.17) is 14.2 Å². The summed E-state index contributed by atoms with van der Waals surface area (Å²) < 4.78 is 16.5. The fourth-order valence-electron chi connectivity index (χ4n) is 3.97. The summed E-state index contributed by atoms with van der Waals surface area (Å²) in [5.74, 6) is 0.807. The number of rotatable bonds is 4. The third-order valence-corrected chi connectivity index (χ3v) is 5.61. The van der Waals surface area contributed by atoms with Gasteiger partial charge in [-0.15, -0.1) is 0 Å². The van der Waals surface area contributed by atoms with Crippen molar-refractivity contribution in [3.8, 4) is 11.5 Å². The number of aliphatic hydroxyl groups excluding tert-OH is 1. The summed E-state index contributed by atoms with van der Waals surface area (Å²) in [7, 11) is 3.08. The molecule has 0 aromatic heterocycles. The fourth-order valence-corrected chi connectivity index (χ4v) is 3.97. The van der Waals surface area contributed by atoms with E-state index in [0.717, 1.165) is 25.9 Å². The number of hydrogen-bond acceptors (Lipinski definition) is 6. The molecule has 2 atom stereocenters. The summed E-state index contributed by atoms with van der Waals surface area (Å²) >= 11 is 0. The SMILES string of the molecule is COc1ccc(C(=O)N[C@]2(C)CCOC3(CCNCC3)[C@H]2O)cc1OC. The van der Waals surface area contributed by atoms with E-state index < -0.39 is 17.2 Å². The van der Waals surface area contributed by atoms with Gasteiger partial charge in [0, 0.05) is 12.2 Å². The second kappa shape index (κ2) is 7.42. The standard InChI is InChI=1S/C19H28N2O5/c1-18(8-11-26-19(17(18)23)6-9-20-10-7-19)21-16(22)13-4-5-14(24-2)15(12-13)25-3/h4-5,12,17,20,23H,6-11H2,1-3H3,(H,21,22)/t17-,18+/m0/s1. The van der Waals surface area contributed by atoms with Gasteiger partial charge in [0.15, 0.2) is 11.5 Å². The van der Waals surface area contributed by atoms with Gasteiger partial charge in [0.1, 0.15) is 6.10 Å². The Bertz CT molecular complexity index is 654. The van der Waals surface area contributed by atoms with Gasteiger partial charge in [0.2, 0.25) is 0 Å². The molecule has 0 radical (unpaired) electrons. The molecule has 3 rings (SSSR count). The molecule has 1 spiro atoms. The van der Waals surface area contributed by atoms with Crippen LogP contribution in [0.25, 0.3) is 0 Å². The highest BCUT2D eigenvalue weighted by Crippen LogP contribution is 2.39. The molecule has 26 heavy (non-hydrogen) atoms. The predicted octanol–water partition coefficient (Wildman–Crippen LogP) is 1.10. The normalized spacial score (nSPS) is 27.8. The third kappa shape index (κ3) is 3.39. The predicted molar refractivity (Wildman–Crippen MR) is 96.8 cm³/mol. The Labute approximate surface area is 154 Å². The molecule has 7 nitrogen and oxygen atoms in total. The molecule has 1 aromatic rings. The van der Waals surface area contributed by atoms with Crippen LogP contribution in [0.4, 0.5) is 0 Å². The van der Waals surface area contributed by atoms with Gasteiger partial charge >= 0.3 is 0 Å². The number of nitrogens with one attached hydrogen (secondary N) is 2. The monoisotopic (exact) mass is 364 g/mol. The van der Waals surface area contributed by atoms with Gasteiger partial charge < -0.3 is 30.0 Å². The van der Waals surface area contributed by atoms with E-state index in [1.807, 2.05) is 6.92 Å². The van der Waals surface area contributed by atoms with Crippen LogP contribution in [0, 0.1) is 0 Å². The number of amides is 1. The lowest BCUT2D eigenvalue weighted by Gasteiger charge is -2.52. The summed E-state index contributed by atoms with van der Waals surface area (Å²) in [6, 6.07) is 5.03. The summed E-state index contributed by atoms with van der Waals surface area (Å²) in [6.45, 7) is 4.01. The van der Waals surface area contributed by atoms with Crippen molar-refractivity contribution in [2.24, 2.45) is 0 Å². The van der Waals surface area contributed by atoms with Crippen molar-refractivity contribution in [1.29, 1.82) is 0 Å². The molecule has 2 fully saturated rings. The van der Waals surface area contributed by atoms with Crippen LogP contribution in [-0.2, 0) is 4.74 Å². The average Bonchev–Trinajstić information content (AvgIpc) is 2.66. The zero-order chi connectivity index (χ0) is 18.8. The van der Waals surface area contributed by atoms with Crippen molar-refractivity contribution >= 4 is 5.91 Å². The molecule has 144 valence electrons. The number of piperidine rings is 1. The van der Waals surface area contributed by atoms with Crippen LogP contribution in [0.1, 0.15) is 36.5 Å². The fraction of sp³-hybridized carbons (Fsp3) is 0.632. The maximum atomic E-state index is 12.8. The second-order valence-electron chi connectivity index (χ2n) is 7.26. The molecule has 2 aliphatic rings. The van der Waals surface area contributed by atoms with Crippen LogP contribution >= 0.6 is 0 Å². The summed E-state index contributed by atoms with van der Waals surface area (Å²) in [4.78, 5) is 12.8. The van der Waals surface area contributed by atoms with Crippen LogP contribution in [0.5, 0.6) is 11.5 Å². The Balaban J connectivity index is 1.79. The lowest BCUT2D eigenvalue weighted by Crippen LogP contribution is -2.69. The Hall–Kier alpha value is -1.83. The molecule has 2 heterocycles. The number of hydrogen-bond donors (Lipinski definition) is 3. The van der Waals surface area contributed by atoms with Crippen LogP contribution in [0.3, 0.4) is 0 Å². The summed E-state index contributed by atoms with van der Waals surface area (Å²) in [5, 5.41) is 17.4. The number of carbonyl (C=O) groups is 1. The first-order valence-electron chi connectivity index (χ1n) is 9.01. The van der Waals surface area contributed by atoms with Crippen LogP contribution in [0.15, 0.2) is 18.2 Å². The smallest absolute Gasteiger partial charge is 0.251 e. The largest absolute Gasteiger partial charge is 0.493 e. The van der Waals surface area contributed by atoms with Gasteiger partial charge in [-0.25, -0.2) is 0 Å². The van der Waals surface area contributed by atoms with Crippen molar-refractivity contribution in [3.05, 3.63) is 23.8 Å². The first kappa shape index (κ1) is 18.9. The molecule has 7 heteroatoms. The van der Waals surface area contributed by atoms with Crippen molar-refractivity contribution < 1.29 is 24.1 Å². The minimum Gasteiger partial charge on any atom is -0.493 e. The molecule has 0 aliphatic carbocycles. The summed E-state index contributed by atoms with van der Waals surface area (Å²) in [6.07, 6.45) is 1.25. The maximum Gasteiger partial charge on any atom is 0.251 e. The summed E-state index contributed by atoms with van der Waals surface area (Å²) in [5.41, 5.74) is -0.884. The molecule has 2 aliphatic heterocycles. The quantitative estimate of drug-likeness (QED) is 0.741. The van der Waals surface area contributed by atoms with Crippen LogP contribution in [0.2, 0.25) is 0 Å². The van der Waals surface area contributed by atoms with E-state index >= 15 is 0 Å². The number of carbonyl (C=O) groups excluding carboxylic acids is 1. The van der Waals surface area contributed by atoms with Gasteiger partial charge in [0.25, 0.3) is 5.91 Å². The molecule has 0 unspecified atom stereocenters. The second-order valence-corrected chi connectivity index (χ2v) is 7.26. The van der Waals surface area contributed by atoms with E-state index in [1.54, 1.807) is 25.3 Å². The number of ether oxygens (including phenoxy) is 3. The van der Waals surface area contributed by atoms with Crippen LogP contribution in [-0.4, -0.2) is 62.2 Å². The molecule has 3 N–H and O–H groups in total. The maximum absolute atomic E-state index is 12.8. The molecular weight excluding hydrogens is 336 g/mol. The van der Waals surface area contributed by atoms with Gasteiger partial charge in [0.05, 0.1) is 25.4 Å². The third-order valence-electron chi connectivity index (χ3n) is 5.61. The molecule has 0 saturated carbocycles. The Kier molecular flexibility index (Phi) is 5.41. The van der Waals surface area contributed by atoms with Gasteiger partial charge in [-0.1, -0.05) is 0 Å². The number of methoxy groups -OCH3 is 2. The van der Waals surface area contributed by atoms with E-state index in [9.17, 15) is 9.90 Å². The molecular formula is C19H28N2O5. The van der Waals surface area contributed by atoms with E-state index in [2.05, 4.69) is 10.6 Å². The Morgan fingerprint density at radius 1 is 1.23 bits per heavy atom. The first-order chi connectivity index (χ1) is 12.4. The topological polar surface area (TPSA) is 89.1 Å². The Morgan fingerprint density at radius 2 is 1.92 bits per heavy atom. The molecule has 0 bridgehead atoms. The highest BCUT2D eigenvalue weighted by atomic mass is 16.5. The van der Waals surface area contributed by atoms with Crippen molar-refractivity contribution in [2.45, 2.75) is 43.4 Å². The lowest BCUT2D eigenvalue weighted by atomic mass is 9.73. The van der Waals surface area contributed by atoms with Crippen molar-refractivity contribution in [3.63, 3.8) is 0 Å². The van der Waals surface area contributed by atoms with Crippen LogP contribution < -0.4 is 20.1 Å². The van der Waals surface area contributed by atoms with Crippen molar-refractivity contribution in [1.82, 2.24) is 10.6 Å². The Morgan fingerprint density at radius 3 is 2.58 bits per heavy atom. The van der Waals surface area contributed by atoms with E-state index in [1.165, 1.54) is 7.11 Å². The minimum absolute atomic E-state index is 0.251. The zero-order valence-corrected chi connectivity index (χ0v) is 15.6. The van der Waals surface area contributed by atoms with E-state index in [0.29, 0.717) is 30.1 Å². The molecule has 1 aromatic carbocycles. The molecule has 2 saturated heterocycles. The number of benzene rings is 1. The van der Waals surface area contributed by atoms with Gasteiger partial charge in [-0.05, 0) is 57.5 Å². The highest BCUT2D eigenvalue weighted by Gasteiger charge is 2.53. The average molecular weight is 364 g/mol. The van der Waals surface area contributed by atoms with Gasteiger partial charge in [-0.3, -0.25) is 4.79 Å². The minimum atomic E-state index is -0.769. The zero-order valence-electron chi connectivity index (χ0n) is 15.6. The van der Waals surface area contributed by atoms with Crippen molar-refractivity contribution in [2.75, 3.05) is 33.9 Å². The van der Waals surface area contributed by atoms with Gasteiger partial charge in [-0.2, -0.15) is 0 Å². The first-order valence-corrected chi connectivity index (χ1v) is 9.01. The molecule has 1 amide bonds. The highest BCUT2D eigenvalue weighted by molar-refractivity contribution is 5.95. The number of aliphatic hydroxyl groups is 1. The van der Waals surface area contributed by atoms with E-state index in [-0.39, 0.29) is 5.91 Å². The lowest BCUT2D eigenvalue weighted by molar-refractivity contribution is -0.197.